The molecule has 1 fully saturated rings. The molecule has 0 saturated carbocycles. The Labute approximate surface area is 114 Å². The molecule has 0 spiro atoms. The molecule has 3 atom stereocenters. The highest BCUT2D eigenvalue weighted by Gasteiger charge is 2.55. The van der Waals surface area contributed by atoms with Crippen molar-refractivity contribution in [2.24, 2.45) is 0 Å². The Morgan fingerprint density at radius 2 is 2.30 bits per heavy atom. The van der Waals surface area contributed by atoms with Crippen LogP contribution in [0.1, 0.15) is 13.3 Å². The van der Waals surface area contributed by atoms with E-state index < -0.39 is 35.0 Å². The molecule has 2 aliphatic rings. The van der Waals surface area contributed by atoms with Gasteiger partial charge in [-0.2, -0.15) is 0 Å². The molecular weight excluding hydrogens is 270 g/mol. The van der Waals surface area contributed by atoms with E-state index in [0.29, 0.717) is 0 Å². The van der Waals surface area contributed by atoms with Crippen LogP contribution in [0.3, 0.4) is 0 Å². The molecule has 0 unspecified atom stereocenters. The zero-order valence-electron chi connectivity index (χ0n) is 11.0. The van der Waals surface area contributed by atoms with Crippen LogP contribution >= 0.6 is 0 Å². The van der Waals surface area contributed by atoms with Crippen molar-refractivity contribution >= 4 is 12.0 Å². The van der Waals surface area contributed by atoms with Gasteiger partial charge in [0.15, 0.2) is 0 Å². The van der Waals surface area contributed by atoms with Crippen molar-refractivity contribution in [1.82, 2.24) is 10.2 Å². The average Bonchev–Trinajstić information content (AvgIpc) is 2.35. The molecule has 9 heteroatoms. The van der Waals surface area contributed by atoms with Gasteiger partial charge in [0, 0.05) is 18.4 Å². The molecule has 9 nitrogen and oxygen atoms in total. The lowest BCUT2D eigenvalue weighted by Crippen LogP contribution is -2.68. The number of nitro groups is 1. The Morgan fingerprint density at radius 3 is 2.85 bits per heavy atom. The van der Waals surface area contributed by atoms with Crippen LogP contribution in [0.25, 0.3) is 0 Å². The van der Waals surface area contributed by atoms with Gasteiger partial charge in [-0.15, -0.1) is 0 Å². The van der Waals surface area contributed by atoms with Crippen molar-refractivity contribution in [2.45, 2.75) is 31.5 Å². The fourth-order valence-electron chi connectivity index (χ4n) is 2.63. The summed E-state index contributed by atoms with van der Waals surface area (Å²) >= 11 is 0. The predicted octanol–water partition coefficient (Wildman–Crippen LogP) is -0.197. The molecule has 0 aromatic heterocycles. The molecular formula is C11H15N3O6. The number of amides is 2. The first-order valence-electron chi connectivity index (χ1n) is 6.14. The molecule has 2 amide bonds. The normalized spacial score (nSPS) is 29.0. The molecule has 1 aliphatic carbocycles. The van der Waals surface area contributed by atoms with E-state index in [-0.39, 0.29) is 24.4 Å². The number of nitrogens with zero attached hydrogens (tertiary/aromatic N) is 2. The van der Waals surface area contributed by atoms with Crippen LogP contribution in [-0.4, -0.2) is 58.7 Å². The van der Waals surface area contributed by atoms with Gasteiger partial charge in [0.05, 0.1) is 6.61 Å². The number of rotatable bonds is 3. The van der Waals surface area contributed by atoms with Crippen LogP contribution in [0.5, 0.6) is 0 Å². The second kappa shape index (κ2) is 4.99. The second-order valence-corrected chi connectivity index (χ2v) is 4.67. The highest BCUT2D eigenvalue weighted by atomic mass is 16.6. The number of aliphatic hydroxyl groups is 1. The van der Waals surface area contributed by atoms with Gasteiger partial charge in [0.1, 0.15) is 23.4 Å². The summed E-state index contributed by atoms with van der Waals surface area (Å²) in [6.45, 7) is 1.65. The molecule has 0 radical (unpaired) electrons. The molecule has 110 valence electrons. The fourth-order valence-corrected chi connectivity index (χ4v) is 2.63. The molecule has 1 saturated heterocycles. The minimum atomic E-state index is -1.20. The average molecular weight is 285 g/mol. The van der Waals surface area contributed by atoms with Crippen molar-refractivity contribution in [3.05, 3.63) is 21.4 Å². The number of likely N-dealkylation sites (N-methyl/N-ethyl adjacent to an activating group) is 1. The van der Waals surface area contributed by atoms with Crippen LogP contribution < -0.4 is 5.32 Å². The summed E-state index contributed by atoms with van der Waals surface area (Å²) in [5, 5.41) is 23.6. The number of hydrogen-bond donors (Lipinski definition) is 2. The molecule has 1 aliphatic heterocycles. The summed E-state index contributed by atoms with van der Waals surface area (Å²) in [6.07, 6.45) is -0.139. The largest absolute Gasteiger partial charge is 0.512 e. The van der Waals surface area contributed by atoms with E-state index in [2.05, 4.69) is 5.32 Å². The van der Waals surface area contributed by atoms with Crippen molar-refractivity contribution in [1.29, 1.82) is 0 Å². The number of carbonyl (C=O) groups excluding carboxylic acids is 2. The van der Waals surface area contributed by atoms with E-state index in [4.69, 9.17) is 4.74 Å². The van der Waals surface area contributed by atoms with Gasteiger partial charge in [-0.05, 0) is 6.92 Å². The second-order valence-electron chi connectivity index (χ2n) is 4.67. The number of ether oxygens (including phenoxy) is 1. The maximum absolute atomic E-state index is 11.8. The first-order valence-corrected chi connectivity index (χ1v) is 6.14. The zero-order valence-corrected chi connectivity index (χ0v) is 11.0. The Hall–Kier alpha value is -2.32. The molecule has 2 bridgehead atoms. The van der Waals surface area contributed by atoms with E-state index in [0.717, 1.165) is 0 Å². The maximum atomic E-state index is 11.8. The lowest BCUT2D eigenvalue weighted by Gasteiger charge is -2.42. The number of nitrogens with one attached hydrogen (secondary N) is 1. The van der Waals surface area contributed by atoms with E-state index in [1.807, 2.05) is 0 Å². The van der Waals surface area contributed by atoms with Crippen LogP contribution in [0.2, 0.25) is 0 Å². The molecule has 0 aromatic carbocycles. The topological polar surface area (TPSA) is 122 Å². The van der Waals surface area contributed by atoms with Gasteiger partial charge < -0.3 is 20.1 Å². The Kier molecular flexibility index (Phi) is 3.51. The number of esters is 1. The lowest BCUT2D eigenvalue weighted by atomic mass is 9.82. The fraction of sp³-hybridized carbons (Fsp3) is 0.636. The number of fused-ring (bicyclic) bond motifs is 2. The van der Waals surface area contributed by atoms with Crippen molar-refractivity contribution in [2.75, 3.05) is 13.7 Å². The highest BCUT2D eigenvalue weighted by Crippen LogP contribution is 2.32. The van der Waals surface area contributed by atoms with Gasteiger partial charge in [-0.25, -0.2) is 9.59 Å². The van der Waals surface area contributed by atoms with Gasteiger partial charge in [-0.3, -0.25) is 10.1 Å². The van der Waals surface area contributed by atoms with Crippen LogP contribution in [0.4, 0.5) is 4.79 Å². The zero-order chi connectivity index (χ0) is 15.0. The van der Waals surface area contributed by atoms with E-state index >= 15 is 0 Å². The number of aliphatic hydroxyl groups excluding tert-OH is 1. The monoisotopic (exact) mass is 285 g/mol. The smallest absolute Gasteiger partial charge is 0.339 e. The summed E-state index contributed by atoms with van der Waals surface area (Å²) in [4.78, 5) is 35.4. The van der Waals surface area contributed by atoms with Crippen LogP contribution in [0.15, 0.2) is 11.3 Å². The summed E-state index contributed by atoms with van der Waals surface area (Å²) < 4.78 is 4.79. The molecule has 1 heterocycles. The third kappa shape index (κ3) is 2.04. The summed E-state index contributed by atoms with van der Waals surface area (Å²) in [5.41, 5.74) is -0.230. The number of urea groups is 1. The van der Waals surface area contributed by atoms with Gasteiger partial charge in [0.25, 0.3) is 6.04 Å². The summed E-state index contributed by atoms with van der Waals surface area (Å²) in [6, 6.07) is -3.69. The third-order valence-corrected chi connectivity index (χ3v) is 3.60. The predicted molar refractivity (Wildman–Crippen MR) is 65.6 cm³/mol. The first-order chi connectivity index (χ1) is 9.38. The number of hydrogen-bond acceptors (Lipinski definition) is 6. The minimum Gasteiger partial charge on any atom is -0.512 e. The van der Waals surface area contributed by atoms with Crippen LogP contribution in [0, 0.1) is 10.1 Å². The van der Waals surface area contributed by atoms with Crippen LogP contribution in [-0.2, 0) is 9.53 Å². The molecule has 2 N–H and O–H groups in total. The Bertz CT molecular complexity index is 502. The SMILES string of the molecule is CCOC(=O)C1=C(O)C[C@H]2[C@@H]([N+](=O)[O-])[C@H]1NC(=O)N2C. The van der Waals surface area contributed by atoms with Gasteiger partial charge in [0.2, 0.25) is 0 Å². The van der Waals surface area contributed by atoms with E-state index in [1.54, 1.807) is 6.92 Å². The maximum Gasteiger partial charge on any atom is 0.339 e. The Balaban J connectivity index is 2.45. The number of carbonyl (C=O) groups is 2. The van der Waals surface area contributed by atoms with E-state index in [9.17, 15) is 24.8 Å². The molecule has 2 rings (SSSR count). The van der Waals surface area contributed by atoms with Gasteiger partial charge >= 0.3 is 12.0 Å². The third-order valence-electron chi connectivity index (χ3n) is 3.60. The molecule has 20 heavy (non-hydrogen) atoms. The minimum absolute atomic E-state index is 0.0722. The highest BCUT2D eigenvalue weighted by molar-refractivity contribution is 5.93. The standard InChI is InChI=1S/C11H15N3O6/c1-3-20-10(16)7-6(15)4-5-9(14(18)19)8(7)12-11(17)13(5)2/h5,8-9,15H,3-4H2,1-2H3,(H,12,17)/t5-,8-,9+/m0/s1. The summed E-state index contributed by atoms with van der Waals surface area (Å²) in [5.74, 6) is -1.12. The van der Waals surface area contributed by atoms with Crippen molar-refractivity contribution in [3.63, 3.8) is 0 Å². The summed E-state index contributed by atoms with van der Waals surface area (Å²) in [7, 11) is 1.41. The van der Waals surface area contributed by atoms with E-state index in [1.165, 1.54) is 11.9 Å². The first kappa shape index (κ1) is 14.1. The lowest BCUT2D eigenvalue weighted by molar-refractivity contribution is -0.534. The quantitative estimate of drug-likeness (QED) is 0.421. The van der Waals surface area contributed by atoms with Crippen molar-refractivity contribution in [3.8, 4) is 0 Å². The van der Waals surface area contributed by atoms with Crippen molar-refractivity contribution < 1.29 is 24.4 Å². The Morgan fingerprint density at radius 1 is 1.65 bits per heavy atom. The van der Waals surface area contributed by atoms with Gasteiger partial charge in [-0.1, -0.05) is 0 Å². The molecule has 0 aromatic rings.